The number of hydrogen-bond acceptors (Lipinski definition) is 4. The van der Waals surface area contributed by atoms with Crippen LogP contribution in [0.15, 0.2) is 12.1 Å². The summed E-state index contributed by atoms with van der Waals surface area (Å²) in [5.74, 6) is -0.292. The van der Waals surface area contributed by atoms with Crippen molar-refractivity contribution in [2.75, 3.05) is 26.3 Å². The van der Waals surface area contributed by atoms with Crippen molar-refractivity contribution in [2.45, 2.75) is 33.6 Å². The maximum atomic E-state index is 12.8. The summed E-state index contributed by atoms with van der Waals surface area (Å²) < 4.78 is 11.2. The van der Waals surface area contributed by atoms with E-state index in [1.165, 1.54) is 0 Å². The SMILES string of the molecule is CCCOc1c(Cl)cc(C(=O)N2CCC(C)(C(=O)O)C2)cc1OCC. The summed E-state index contributed by atoms with van der Waals surface area (Å²) in [5, 5.41) is 9.63. The first-order chi connectivity index (χ1) is 11.8. The van der Waals surface area contributed by atoms with E-state index in [4.69, 9.17) is 21.1 Å². The Morgan fingerprint density at radius 2 is 2.04 bits per heavy atom. The Bertz CT molecular complexity index is 663. The highest BCUT2D eigenvalue weighted by Gasteiger charge is 2.42. The monoisotopic (exact) mass is 369 g/mol. The van der Waals surface area contributed by atoms with Gasteiger partial charge >= 0.3 is 5.97 Å². The van der Waals surface area contributed by atoms with Gasteiger partial charge in [0.2, 0.25) is 0 Å². The van der Waals surface area contributed by atoms with Crippen molar-refractivity contribution in [3.05, 3.63) is 22.7 Å². The Hall–Kier alpha value is -1.95. The van der Waals surface area contributed by atoms with Gasteiger partial charge in [-0.25, -0.2) is 0 Å². The first-order valence-corrected chi connectivity index (χ1v) is 8.82. The van der Waals surface area contributed by atoms with Crippen molar-refractivity contribution in [3.8, 4) is 11.5 Å². The molecule has 1 aliphatic heterocycles. The largest absolute Gasteiger partial charge is 0.490 e. The molecule has 1 aromatic carbocycles. The van der Waals surface area contributed by atoms with Gasteiger partial charge in [0.15, 0.2) is 11.5 Å². The highest BCUT2D eigenvalue weighted by molar-refractivity contribution is 6.32. The highest BCUT2D eigenvalue weighted by Crippen LogP contribution is 2.38. The number of amides is 1. The lowest BCUT2D eigenvalue weighted by Gasteiger charge is -2.21. The molecule has 1 atom stereocenters. The predicted octanol–water partition coefficient (Wildman–Crippen LogP) is 3.46. The van der Waals surface area contributed by atoms with E-state index in [0.717, 1.165) is 6.42 Å². The third-order valence-electron chi connectivity index (χ3n) is 4.28. The third kappa shape index (κ3) is 4.18. The van der Waals surface area contributed by atoms with Crippen LogP contribution in [0, 0.1) is 5.41 Å². The van der Waals surface area contributed by atoms with E-state index in [0.29, 0.717) is 48.3 Å². The molecule has 0 spiro atoms. The first kappa shape index (κ1) is 19.4. The number of nitrogens with zero attached hydrogens (tertiary/aromatic N) is 1. The molecule has 1 amide bonds. The molecule has 1 N–H and O–H groups in total. The van der Waals surface area contributed by atoms with Crippen LogP contribution >= 0.6 is 11.6 Å². The number of benzene rings is 1. The van der Waals surface area contributed by atoms with Crippen LogP contribution in [-0.4, -0.2) is 48.2 Å². The summed E-state index contributed by atoms with van der Waals surface area (Å²) in [4.78, 5) is 25.7. The van der Waals surface area contributed by atoms with Gasteiger partial charge in [-0.05, 0) is 38.8 Å². The standard InChI is InChI=1S/C18H24ClNO5/c1-4-8-25-15-13(19)9-12(10-14(15)24-5-2)16(21)20-7-6-18(3,11-20)17(22)23/h9-10H,4-8,11H2,1-3H3,(H,22,23). The zero-order chi connectivity index (χ0) is 18.6. The molecule has 1 aliphatic rings. The van der Waals surface area contributed by atoms with E-state index >= 15 is 0 Å². The van der Waals surface area contributed by atoms with E-state index < -0.39 is 11.4 Å². The van der Waals surface area contributed by atoms with Crippen LogP contribution in [0.1, 0.15) is 44.0 Å². The second-order valence-corrected chi connectivity index (χ2v) is 6.82. The van der Waals surface area contributed by atoms with Gasteiger partial charge in [-0.1, -0.05) is 18.5 Å². The summed E-state index contributed by atoms with van der Waals surface area (Å²) in [6.07, 6.45) is 1.25. The number of rotatable bonds is 7. The molecule has 2 rings (SSSR count). The lowest BCUT2D eigenvalue weighted by Crippen LogP contribution is -2.34. The molecule has 1 aromatic rings. The number of hydrogen-bond donors (Lipinski definition) is 1. The summed E-state index contributed by atoms with van der Waals surface area (Å²) in [6.45, 7) is 6.97. The maximum Gasteiger partial charge on any atom is 0.311 e. The topological polar surface area (TPSA) is 76.1 Å². The number of carbonyl (C=O) groups excluding carboxylic acids is 1. The van der Waals surface area contributed by atoms with Crippen molar-refractivity contribution in [2.24, 2.45) is 5.41 Å². The molecule has 0 aliphatic carbocycles. The van der Waals surface area contributed by atoms with Gasteiger partial charge in [0.05, 0.1) is 23.7 Å². The molecule has 138 valence electrons. The molecule has 1 fully saturated rings. The van der Waals surface area contributed by atoms with Gasteiger partial charge in [0.1, 0.15) is 0 Å². The lowest BCUT2D eigenvalue weighted by molar-refractivity contribution is -0.147. The Balaban J connectivity index is 2.27. The van der Waals surface area contributed by atoms with E-state index in [1.54, 1.807) is 24.0 Å². The minimum atomic E-state index is -0.910. The van der Waals surface area contributed by atoms with E-state index in [2.05, 4.69) is 0 Å². The van der Waals surface area contributed by atoms with Crippen LogP contribution in [0.2, 0.25) is 5.02 Å². The Labute approximate surface area is 152 Å². The average molecular weight is 370 g/mol. The Morgan fingerprint density at radius 3 is 2.60 bits per heavy atom. The summed E-state index contributed by atoms with van der Waals surface area (Å²) in [5.41, 5.74) is -0.543. The van der Waals surface area contributed by atoms with Crippen LogP contribution in [0.4, 0.5) is 0 Å². The van der Waals surface area contributed by atoms with Crippen molar-refractivity contribution in [1.29, 1.82) is 0 Å². The molecular weight excluding hydrogens is 346 g/mol. The molecular formula is C18H24ClNO5. The second kappa shape index (κ2) is 7.95. The van der Waals surface area contributed by atoms with Gasteiger partial charge in [-0.15, -0.1) is 0 Å². The number of likely N-dealkylation sites (tertiary alicyclic amines) is 1. The maximum absolute atomic E-state index is 12.8. The molecule has 1 heterocycles. The van der Waals surface area contributed by atoms with Gasteiger partial charge in [-0.2, -0.15) is 0 Å². The second-order valence-electron chi connectivity index (χ2n) is 6.41. The lowest BCUT2D eigenvalue weighted by atomic mass is 9.90. The molecule has 0 saturated carbocycles. The van der Waals surface area contributed by atoms with E-state index in [1.807, 2.05) is 13.8 Å². The van der Waals surface area contributed by atoms with Crippen LogP contribution < -0.4 is 9.47 Å². The van der Waals surface area contributed by atoms with E-state index in [9.17, 15) is 14.7 Å². The summed E-state index contributed by atoms with van der Waals surface area (Å²) >= 11 is 6.29. The van der Waals surface area contributed by atoms with Crippen molar-refractivity contribution in [1.82, 2.24) is 4.90 Å². The van der Waals surface area contributed by atoms with Crippen LogP contribution in [0.3, 0.4) is 0 Å². The zero-order valence-corrected chi connectivity index (χ0v) is 15.6. The fraction of sp³-hybridized carbons (Fsp3) is 0.556. The number of carboxylic acid groups (broad SMARTS) is 1. The minimum absolute atomic E-state index is 0.177. The quantitative estimate of drug-likeness (QED) is 0.796. The van der Waals surface area contributed by atoms with Crippen molar-refractivity contribution < 1.29 is 24.2 Å². The molecule has 6 nitrogen and oxygen atoms in total. The van der Waals surface area contributed by atoms with Crippen LogP contribution in [0.5, 0.6) is 11.5 Å². The normalized spacial score (nSPS) is 19.8. The third-order valence-corrected chi connectivity index (χ3v) is 4.56. The highest BCUT2D eigenvalue weighted by atomic mass is 35.5. The van der Waals surface area contributed by atoms with Gasteiger partial charge < -0.3 is 19.5 Å². The molecule has 0 bridgehead atoms. The van der Waals surface area contributed by atoms with Crippen molar-refractivity contribution >= 4 is 23.5 Å². The summed E-state index contributed by atoms with van der Waals surface area (Å²) in [6, 6.07) is 3.16. The molecule has 0 aromatic heterocycles. The Kier molecular flexibility index (Phi) is 6.16. The minimum Gasteiger partial charge on any atom is -0.490 e. The molecule has 25 heavy (non-hydrogen) atoms. The molecule has 1 saturated heterocycles. The fourth-order valence-electron chi connectivity index (χ4n) is 2.79. The first-order valence-electron chi connectivity index (χ1n) is 8.44. The van der Waals surface area contributed by atoms with Gasteiger partial charge in [0, 0.05) is 18.7 Å². The van der Waals surface area contributed by atoms with Gasteiger partial charge in [-0.3, -0.25) is 9.59 Å². The number of ether oxygens (including phenoxy) is 2. The van der Waals surface area contributed by atoms with Crippen LogP contribution in [-0.2, 0) is 4.79 Å². The zero-order valence-electron chi connectivity index (χ0n) is 14.8. The molecule has 7 heteroatoms. The number of carbonyl (C=O) groups is 2. The number of carboxylic acids is 1. The number of halogens is 1. The van der Waals surface area contributed by atoms with E-state index in [-0.39, 0.29) is 12.5 Å². The fourth-order valence-corrected chi connectivity index (χ4v) is 3.06. The predicted molar refractivity (Wildman–Crippen MR) is 94.7 cm³/mol. The summed E-state index contributed by atoms with van der Waals surface area (Å²) in [7, 11) is 0. The van der Waals surface area contributed by atoms with Crippen molar-refractivity contribution in [3.63, 3.8) is 0 Å². The molecule has 1 unspecified atom stereocenters. The molecule has 0 radical (unpaired) electrons. The smallest absolute Gasteiger partial charge is 0.311 e. The number of aliphatic carboxylic acids is 1. The van der Waals surface area contributed by atoms with Gasteiger partial charge in [0.25, 0.3) is 5.91 Å². The Morgan fingerprint density at radius 1 is 1.32 bits per heavy atom. The average Bonchev–Trinajstić information content (AvgIpc) is 2.97. The van der Waals surface area contributed by atoms with Crippen LogP contribution in [0.25, 0.3) is 0 Å².